The van der Waals surface area contributed by atoms with Gasteiger partial charge in [-0.15, -0.1) is 0 Å². The third-order valence-corrected chi connectivity index (χ3v) is 4.92. The van der Waals surface area contributed by atoms with Crippen molar-refractivity contribution >= 4 is 40.6 Å². The molecule has 0 heterocycles. The Morgan fingerprint density at radius 2 is 1.89 bits per heavy atom. The van der Waals surface area contributed by atoms with Crippen molar-refractivity contribution in [1.82, 2.24) is 5.32 Å². The molecule has 0 saturated carbocycles. The summed E-state index contributed by atoms with van der Waals surface area (Å²) in [5.74, 6) is -0.452. The highest BCUT2D eigenvalue weighted by Crippen LogP contribution is 2.23. The largest absolute Gasteiger partial charge is 0.462 e. The molecule has 0 aliphatic rings. The van der Waals surface area contributed by atoms with E-state index in [1.54, 1.807) is 25.1 Å². The molecule has 0 saturated heterocycles. The highest BCUT2D eigenvalue weighted by Gasteiger charge is 2.14. The maximum absolute atomic E-state index is 12.0. The minimum atomic E-state index is -0.452. The molecular weight excluding hydrogens is 380 g/mol. The van der Waals surface area contributed by atoms with Gasteiger partial charge in [0.2, 0.25) is 0 Å². The average molecular weight is 405 g/mol. The lowest BCUT2D eigenvalue weighted by atomic mass is 9.99. The molecular formula is C21H25ClN2O2S. The van der Waals surface area contributed by atoms with Crippen molar-refractivity contribution in [2.45, 2.75) is 40.2 Å². The minimum Gasteiger partial charge on any atom is -0.462 e. The summed E-state index contributed by atoms with van der Waals surface area (Å²) < 4.78 is 5.03. The third-order valence-electron chi connectivity index (χ3n) is 4.37. The maximum Gasteiger partial charge on any atom is 0.339 e. The number of ether oxygens (including phenoxy) is 1. The first-order valence-electron chi connectivity index (χ1n) is 8.97. The molecule has 0 amide bonds. The van der Waals surface area contributed by atoms with Crippen LogP contribution in [-0.2, 0) is 4.74 Å². The lowest BCUT2D eigenvalue weighted by Crippen LogP contribution is -2.32. The quantitative estimate of drug-likeness (QED) is 0.486. The van der Waals surface area contributed by atoms with E-state index >= 15 is 0 Å². The topological polar surface area (TPSA) is 50.4 Å². The number of hydrogen-bond acceptors (Lipinski definition) is 3. The first-order valence-corrected chi connectivity index (χ1v) is 9.75. The van der Waals surface area contributed by atoms with Crippen LogP contribution >= 0.6 is 23.8 Å². The molecule has 0 unspecified atom stereocenters. The number of benzene rings is 2. The molecule has 2 N–H and O–H groups in total. The third kappa shape index (κ3) is 5.68. The molecule has 0 radical (unpaired) electrons. The smallest absolute Gasteiger partial charge is 0.339 e. The van der Waals surface area contributed by atoms with Crippen molar-refractivity contribution < 1.29 is 9.53 Å². The fourth-order valence-electron chi connectivity index (χ4n) is 2.70. The summed E-state index contributed by atoms with van der Waals surface area (Å²) in [5.41, 5.74) is 4.70. The van der Waals surface area contributed by atoms with Crippen LogP contribution in [0.2, 0.25) is 5.02 Å². The summed E-state index contributed by atoms with van der Waals surface area (Å²) in [6.45, 7) is 8.36. The number of carbonyl (C=O) groups is 1. The average Bonchev–Trinajstić information content (AvgIpc) is 2.63. The molecule has 27 heavy (non-hydrogen) atoms. The number of nitrogens with one attached hydrogen (secondary N) is 2. The van der Waals surface area contributed by atoms with Crippen molar-refractivity contribution in [2.24, 2.45) is 0 Å². The van der Waals surface area contributed by atoms with Crippen LogP contribution in [0.5, 0.6) is 0 Å². The number of halogens is 1. The molecule has 0 aliphatic heterocycles. The van der Waals surface area contributed by atoms with Crippen LogP contribution in [0.15, 0.2) is 36.4 Å². The molecule has 2 rings (SSSR count). The van der Waals surface area contributed by atoms with E-state index in [1.165, 1.54) is 16.7 Å². The van der Waals surface area contributed by atoms with Gasteiger partial charge in [0.15, 0.2) is 5.11 Å². The van der Waals surface area contributed by atoms with E-state index in [9.17, 15) is 4.79 Å². The molecule has 0 aliphatic carbocycles. The SMILES string of the molecule is CCOC(=O)c1cc(NC(=S)N[C@@H](CC)c2ccc(C)c(C)c2)ccc1Cl. The van der Waals surface area contributed by atoms with E-state index in [0.717, 1.165) is 6.42 Å². The van der Waals surface area contributed by atoms with Gasteiger partial charge in [-0.2, -0.15) is 0 Å². The normalized spacial score (nSPS) is 11.6. The monoisotopic (exact) mass is 404 g/mol. The Kier molecular flexibility index (Phi) is 7.63. The molecule has 1 atom stereocenters. The van der Waals surface area contributed by atoms with Crippen molar-refractivity contribution in [3.05, 3.63) is 63.7 Å². The van der Waals surface area contributed by atoms with Gasteiger partial charge in [-0.05, 0) is 74.3 Å². The van der Waals surface area contributed by atoms with E-state index in [-0.39, 0.29) is 6.04 Å². The van der Waals surface area contributed by atoms with Crippen molar-refractivity contribution in [2.75, 3.05) is 11.9 Å². The zero-order chi connectivity index (χ0) is 20.0. The zero-order valence-corrected chi connectivity index (χ0v) is 17.6. The van der Waals surface area contributed by atoms with Crippen LogP contribution < -0.4 is 10.6 Å². The van der Waals surface area contributed by atoms with Gasteiger partial charge in [0.25, 0.3) is 0 Å². The molecule has 2 aromatic carbocycles. The Hall–Kier alpha value is -2.11. The van der Waals surface area contributed by atoms with Crippen LogP contribution in [0.1, 0.15) is 53.4 Å². The summed E-state index contributed by atoms with van der Waals surface area (Å²) >= 11 is 11.6. The highest BCUT2D eigenvalue weighted by atomic mass is 35.5. The number of aryl methyl sites for hydroxylation is 2. The Morgan fingerprint density at radius 3 is 2.52 bits per heavy atom. The summed E-state index contributed by atoms with van der Waals surface area (Å²) in [4.78, 5) is 12.0. The Balaban J connectivity index is 2.10. The molecule has 4 nitrogen and oxygen atoms in total. The fraction of sp³-hybridized carbons (Fsp3) is 0.333. The number of hydrogen-bond donors (Lipinski definition) is 2. The second-order valence-electron chi connectivity index (χ2n) is 6.32. The van der Waals surface area contributed by atoms with E-state index in [4.69, 9.17) is 28.6 Å². The Bertz CT molecular complexity index is 839. The molecule has 2 aromatic rings. The summed E-state index contributed by atoms with van der Waals surface area (Å²) in [6.07, 6.45) is 0.888. The van der Waals surface area contributed by atoms with E-state index in [1.807, 2.05) is 0 Å². The first kappa shape index (κ1) is 21.2. The fourth-order valence-corrected chi connectivity index (χ4v) is 3.15. The maximum atomic E-state index is 12.0. The summed E-state index contributed by atoms with van der Waals surface area (Å²) in [7, 11) is 0. The van der Waals surface area contributed by atoms with Crippen LogP contribution in [0.3, 0.4) is 0 Å². The van der Waals surface area contributed by atoms with E-state index in [0.29, 0.717) is 28.0 Å². The Morgan fingerprint density at radius 1 is 1.15 bits per heavy atom. The number of thiocarbonyl (C=S) groups is 1. The van der Waals surface area contributed by atoms with Gasteiger partial charge >= 0.3 is 5.97 Å². The summed E-state index contributed by atoms with van der Waals surface area (Å²) in [5, 5.41) is 7.29. The van der Waals surface area contributed by atoms with Crippen molar-refractivity contribution in [1.29, 1.82) is 0 Å². The van der Waals surface area contributed by atoms with Gasteiger partial charge in [0, 0.05) is 5.69 Å². The number of esters is 1. The highest BCUT2D eigenvalue weighted by molar-refractivity contribution is 7.80. The number of rotatable bonds is 6. The second kappa shape index (κ2) is 9.72. The van der Waals surface area contributed by atoms with E-state index in [2.05, 4.69) is 49.6 Å². The molecule has 0 aromatic heterocycles. The molecule has 6 heteroatoms. The zero-order valence-electron chi connectivity index (χ0n) is 16.1. The van der Waals surface area contributed by atoms with Crippen LogP contribution in [0.4, 0.5) is 5.69 Å². The van der Waals surface area contributed by atoms with Crippen LogP contribution in [-0.4, -0.2) is 17.7 Å². The molecule has 0 fully saturated rings. The lowest BCUT2D eigenvalue weighted by Gasteiger charge is -2.21. The summed E-state index contributed by atoms with van der Waals surface area (Å²) in [6, 6.07) is 11.6. The number of carbonyl (C=O) groups excluding carboxylic acids is 1. The number of anilines is 1. The van der Waals surface area contributed by atoms with Gasteiger partial charge in [-0.25, -0.2) is 4.79 Å². The van der Waals surface area contributed by atoms with Crippen molar-refractivity contribution in [3.8, 4) is 0 Å². The molecule has 0 bridgehead atoms. The first-order chi connectivity index (χ1) is 12.8. The van der Waals surface area contributed by atoms with Crippen LogP contribution in [0, 0.1) is 13.8 Å². The predicted molar refractivity (Wildman–Crippen MR) is 116 cm³/mol. The van der Waals surface area contributed by atoms with Gasteiger partial charge < -0.3 is 15.4 Å². The van der Waals surface area contributed by atoms with Crippen LogP contribution in [0.25, 0.3) is 0 Å². The van der Waals surface area contributed by atoms with Crippen molar-refractivity contribution in [3.63, 3.8) is 0 Å². The lowest BCUT2D eigenvalue weighted by molar-refractivity contribution is 0.0526. The minimum absolute atomic E-state index is 0.0983. The molecule has 0 spiro atoms. The van der Waals surface area contributed by atoms with E-state index < -0.39 is 5.97 Å². The molecule has 144 valence electrons. The Labute approximate surface area is 171 Å². The standard InChI is InChI=1S/C21H25ClN2O2S/c1-5-19(15-8-7-13(3)14(4)11-15)24-21(27)23-16-9-10-18(22)17(12-16)20(25)26-6-2/h7-12,19H,5-6H2,1-4H3,(H2,23,24,27)/t19-/m0/s1. The predicted octanol–water partition coefficient (Wildman–Crippen LogP) is 5.57. The van der Waals surface area contributed by atoms with Gasteiger partial charge in [-0.3, -0.25) is 0 Å². The second-order valence-corrected chi connectivity index (χ2v) is 7.13. The van der Waals surface area contributed by atoms with Gasteiger partial charge in [0.1, 0.15) is 0 Å². The van der Waals surface area contributed by atoms with Gasteiger partial charge in [0.05, 0.1) is 23.2 Å². The van der Waals surface area contributed by atoms with Gasteiger partial charge in [-0.1, -0.05) is 36.7 Å².